The lowest BCUT2D eigenvalue weighted by Crippen LogP contribution is -2.61. The Morgan fingerprint density at radius 1 is 1.22 bits per heavy atom. The van der Waals surface area contributed by atoms with Crippen LogP contribution in [0.2, 0.25) is 0 Å². The molecule has 3 heteroatoms. The molecule has 2 aliphatic rings. The normalized spacial score (nSPS) is 39.3. The van der Waals surface area contributed by atoms with Gasteiger partial charge in [-0.15, -0.1) is 0 Å². The van der Waals surface area contributed by atoms with E-state index in [9.17, 15) is 5.11 Å². The fraction of sp³-hybridized carbons (Fsp3) is 1.00. The Labute approximate surface area is 111 Å². The lowest BCUT2D eigenvalue weighted by atomic mass is 9.64. The molecule has 0 aromatic heterocycles. The van der Waals surface area contributed by atoms with Crippen LogP contribution in [0.5, 0.6) is 0 Å². The standard InChI is InChI=1S/C15H29NO2/c1-4-18-14-9-13(15(14,2)3)16-10-11-5-7-12(17)8-6-11/h11-14,16-17H,4-10H2,1-3H3. The molecule has 0 aromatic rings. The maximum atomic E-state index is 9.50. The summed E-state index contributed by atoms with van der Waals surface area (Å²) in [5, 5.41) is 13.2. The molecule has 2 aliphatic carbocycles. The third-order valence-electron chi connectivity index (χ3n) is 5.01. The average molecular weight is 255 g/mol. The zero-order valence-corrected chi connectivity index (χ0v) is 12.1. The van der Waals surface area contributed by atoms with E-state index in [1.807, 2.05) is 0 Å². The second-order valence-electron chi connectivity index (χ2n) is 6.64. The van der Waals surface area contributed by atoms with Crippen LogP contribution in [0, 0.1) is 11.3 Å². The van der Waals surface area contributed by atoms with Gasteiger partial charge in [0, 0.05) is 18.1 Å². The van der Waals surface area contributed by atoms with Crippen molar-refractivity contribution >= 4 is 0 Å². The lowest BCUT2D eigenvalue weighted by Gasteiger charge is -2.52. The van der Waals surface area contributed by atoms with Gasteiger partial charge in [-0.2, -0.15) is 0 Å². The topological polar surface area (TPSA) is 41.5 Å². The molecule has 0 aromatic carbocycles. The van der Waals surface area contributed by atoms with Gasteiger partial charge in [-0.05, 0) is 51.5 Å². The first-order valence-corrected chi connectivity index (χ1v) is 7.57. The van der Waals surface area contributed by atoms with Crippen molar-refractivity contribution in [1.29, 1.82) is 0 Å². The van der Waals surface area contributed by atoms with Crippen molar-refractivity contribution in [2.45, 2.75) is 71.1 Å². The number of hydrogen-bond acceptors (Lipinski definition) is 3. The van der Waals surface area contributed by atoms with E-state index < -0.39 is 0 Å². The van der Waals surface area contributed by atoms with Gasteiger partial charge in [0.05, 0.1) is 12.2 Å². The number of rotatable bonds is 5. The summed E-state index contributed by atoms with van der Waals surface area (Å²) in [5.74, 6) is 0.760. The van der Waals surface area contributed by atoms with Crippen LogP contribution in [0.3, 0.4) is 0 Å². The summed E-state index contributed by atoms with van der Waals surface area (Å²) < 4.78 is 5.76. The molecule has 2 saturated carbocycles. The highest BCUT2D eigenvalue weighted by atomic mass is 16.5. The third-order valence-corrected chi connectivity index (χ3v) is 5.01. The molecule has 0 spiro atoms. The van der Waals surface area contributed by atoms with E-state index in [1.54, 1.807) is 0 Å². The zero-order valence-electron chi connectivity index (χ0n) is 12.1. The van der Waals surface area contributed by atoms with Crippen molar-refractivity contribution in [3.63, 3.8) is 0 Å². The smallest absolute Gasteiger partial charge is 0.0655 e. The van der Waals surface area contributed by atoms with Gasteiger partial charge >= 0.3 is 0 Å². The predicted molar refractivity (Wildman–Crippen MR) is 73.6 cm³/mol. The fourth-order valence-corrected chi connectivity index (χ4v) is 3.37. The number of hydrogen-bond donors (Lipinski definition) is 2. The van der Waals surface area contributed by atoms with Crippen molar-refractivity contribution in [3.05, 3.63) is 0 Å². The minimum absolute atomic E-state index is 0.0382. The summed E-state index contributed by atoms with van der Waals surface area (Å²) in [5.41, 5.74) is 0.268. The van der Waals surface area contributed by atoms with Gasteiger partial charge in [0.25, 0.3) is 0 Å². The molecular formula is C15H29NO2. The van der Waals surface area contributed by atoms with Crippen LogP contribution in [0.15, 0.2) is 0 Å². The van der Waals surface area contributed by atoms with Gasteiger partial charge in [-0.1, -0.05) is 13.8 Å². The molecule has 2 fully saturated rings. The summed E-state index contributed by atoms with van der Waals surface area (Å²) >= 11 is 0. The van der Waals surface area contributed by atoms with E-state index in [0.29, 0.717) is 12.1 Å². The molecule has 2 unspecified atom stereocenters. The third kappa shape index (κ3) is 3.06. The van der Waals surface area contributed by atoms with Crippen LogP contribution in [0.1, 0.15) is 52.9 Å². The van der Waals surface area contributed by atoms with Crippen molar-refractivity contribution in [1.82, 2.24) is 5.32 Å². The van der Waals surface area contributed by atoms with E-state index in [-0.39, 0.29) is 11.5 Å². The molecule has 0 amide bonds. The van der Waals surface area contributed by atoms with E-state index in [1.165, 1.54) is 12.8 Å². The van der Waals surface area contributed by atoms with Gasteiger partial charge in [0.15, 0.2) is 0 Å². The lowest BCUT2D eigenvalue weighted by molar-refractivity contribution is -0.114. The zero-order chi connectivity index (χ0) is 13.2. The molecule has 3 nitrogen and oxygen atoms in total. The molecule has 18 heavy (non-hydrogen) atoms. The van der Waals surface area contributed by atoms with Crippen LogP contribution >= 0.6 is 0 Å². The number of aliphatic hydroxyl groups is 1. The van der Waals surface area contributed by atoms with E-state index in [2.05, 4.69) is 26.1 Å². The van der Waals surface area contributed by atoms with Gasteiger partial charge in [-0.25, -0.2) is 0 Å². The summed E-state index contributed by atoms with van der Waals surface area (Å²) in [6.45, 7) is 8.61. The Morgan fingerprint density at radius 2 is 1.89 bits per heavy atom. The summed E-state index contributed by atoms with van der Waals surface area (Å²) in [7, 11) is 0. The van der Waals surface area contributed by atoms with Crippen LogP contribution in [-0.4, -0.2) is 36.5 Å². The van der Waals surface area contributed by atoms with Crippen LogP contribution in [0.4, 0.5) is 0 Å². The second-order valence-corrected chi connectivity index (χ2v) is 6.64. The SMILES string of the molecule is CCOC1CC(NCC2CCC(O)CC2)C1(C)C. The highest BCUT2D eigenvalue weighted by Crippen LogP contribution is 2.42. The number of aliphatic hydroxyl groups excluding tert-OH is 1. The number of ether oxygens (including phenoxy) is 1. The van der Waals surface area contributed by atoms with Gasteiger partial charge < -0.3 is 15.2 Å². The Bertz CT molecular complexity index is 259. The Kier molecular flexibility index (Phi) is 4.68. The first kappa shape index (κ1) is 14.3. The van der Waals surface area contributed by atoms with Gasteiger partial charge in [0.1, 0.15) is 0 Å². The highest BCUT2D eigenvalue weighted by molar-refractivity contribution is 5.02. The molecule has 2 atom stereocenters. The maximum Gasteiger partial charge on any atom is 0.0655 e. The summed E-state index contributed by atoms with van der Waals surface area (Å²) in [4.78, 5) is 0. The molecule has 0 radical (unpaired) electrons. The first-order valence-electron chi connectivity index (χ1n) is 7.57. The van der Waals surface area contributed by atoms with Crippen molar-refractivity contribution in [2.24, 2.45) is 11.3 Å². The van der Waals surface area contributed by atoms with Crippen molar-refractivity contribution in [3.8, 4) is 0 Å². The quantitative estimate of drug-likeness (QED) is 0.792. The average Bonchev–Trinajstić information content (AvgIpc) is 2.35. The van der Waals surface area contributed by atoms with E-state index >= 15 is 0 Å². The molecule has 0 aliphatic heterocycles. The Balaban J connectivity index is 1.69. The molecule has 0 heterocycles. The largest absolute Gasteiger partial charge is 0.393 e. The molecule has 0 bridgehead atoms. The van der Waals surface area contributed by atoms with Crippen LogP contribution in [0.25, 0.3) is 0 Å². The summed E-state index contributed by atoms with van der Waals surface area (Å²) in [6, 6.07) is 0.598. The summed E-state index contributed by atoms with van der Waals surface area (Å²) in [6.07, 6.45) is 5.86. The maximum absolute atomic E-state index is 9.50. The molecule has 2 rings (SSSR count). The second kappa shape index (κ2) is 5.89. The van der Waals surface area contributed by atoms with Crippen LogP contribution in [-0.2, 0) is 4.74 Å². The minimum Gasteiger partial charge on any atom is -0.393 e. The Morgan fingerprint density at radius 3 is 2.44 bits per heavy atom. The van der Waals surface area contributed by atoms with Gasteiger partial charge in [0.2, 0.25) is 0 Å². The van der Waals surface area contributed by atoms with E-state index in [4.69, 9.17) is 4.74 Å². The van der Waals surface area contributed by atoms with Gasteiger partial charge in [-0.3, -0.25) is 0 Å². The minimum atomic E-state index is -0.0382. The molecular weight excluding hydrogens is 226 g/mol. The molecule has 2 N–H and O–H groups in total. The Hall–Kier alpha value is -0.120. The molecule has 0 saturated heterocycles. The highest BCUT2D eigenvalue weighted by Gasteiger charge is 2.48. The number of nitrogens with one attached hydrogen (secondary N) is 1. The monoisotopic (exact) mass is 255 g/mol. The fourth-order valence-electron chi connectivity index (χ4n) is 3.37. The first-order chi connectivity index (χ1) is 8.54. The molecule has 106 valence electrons. The van der Waals surface area contributed by atoms with Crippen LogP contribution < -0.4 is 5.32 Å². The van der Waals surface area contributed by atoms with Crippen molar-refractivity contribution < 1.29 is 9.84 Å². The van der Waals surface area contributed by atoms with E-state index in [0.717, 1.165) is 38.3 Å². The van der Waals surface area contributed by atoms with Crippen molar-refractivity contribution in [2.75, 3.05) is 13.2 Å². The predicted octanol–water partition coefficient (Wildman–Crippen LogP) is 2.33.